The lowest BCUT2D eigenvalue weighted by Gasteiger charge is -2.27. The highest BCUT2D eigenvalue weighted by Gasteiger charge is 2.42. The lowest BCUT2D eigenvalue weighted by Crippen LogP contribution is -2.49. The van der Waals surface area contributed by atoms with Gasteiger partial charge in [0, 0.05) is 24.7 Å². The molecule has 0 aromatic carbocycles. The van der Waals surface area contributed by atoms with Crippen LogP contribution in [0.3, 0.4) is 0 Å². The normalized spacial score (nSPS) is 30.1. The Labute approximate surface area is 110 Å². The minimum atomic E-state index is -3.30. The summed E-state index contributed by atoms with van der Waals surface area (Å²) < 4.78 is 28.8. The SMILES string of the molecule is CC(C)NS(=O)(=O)N1C2CCNCC1CC2.Cl. The lowest BCUT2D eigenvalue weighted by molar-refractivity contribution is 0.327. The molecule has 2 unspecified atom stereocenters. The van der Waals surface area contributed by atoms with Crippen molar-refractivity contribution in [1.82, 2.24) is 14.3 Å². The van der Waals surface area contributed by atoms with Gasteiger partial charge < -0.3 is 5.32 Å². The molecular weight excluding hydrogens is 262 g/mol. The van der Waals surface area contributed by atoms with Crippen molar-refractivity contribution in [2.24, 2.45) is 0 Å². The molecule has 0 amide bonds. The van der Waals surface area contributed by atoms with Gasteiger partial charge in [0.15, 0.2) is 0 Å². The topological polar surface area (TPSA) is 61.4 Å². The predicted molar refractivity (Wildman–Crippen MR) is 70.6 cm³/mol. The van der Waals surface area contributed by atoms with Crippen molar-refractivity contribution in [1.29, 1.82) is 0 Å². The van der Waals surface area contributed by atoms with E-state index in [1.54, 1.807) is 4.31 Å². The molecule has 7 heteroatoms. The zero-order valence-corrected chi connectivity index (χ0v) is 12.0. The molecule has 5 nitrogen and oxygen atoms in total. The average molecular weight is 284 g/mol. The molecule has 0 aromatic rings. The fourth-order valence-corrected chi connectivity index (χ4v) is 4.58. The fraction of sp³-hybridized carbons (Fsp3) is 1.00. The highest BCUT2D eigenvalue weighted by molar-refractivity contribution is 7.87. The Kier molecular flexibility index (Phi) is 5.21. The third-order valence-electron chi connectivity index (χ3n) is 3.25. The third kappa shape index (κ3) is 3.32. The van der Waals surface area contributed by atoms with Crippen LogP contribution in [0.4, 0.5) is 0 Å². The van der Waals surface area contributed by atoms with Gasteiger partial charge in [0.25, 0.3) is 10.2 Å². The van der Waals surface area contributed by atoms with Crippen LogP contribution in [0.25, 0.3) is 0 Å². The molecule has 2 aliphatic heterocycles. The molecule has 2 heterocycles. The van der Waals surface area contributed by atoms with Crippen LogP contribution in [0.1, 0.15) is 33.1 Å². The molecule has 0 aromatic heterocycles. The van der Waals surface area contributed by atoms with Gasteiger partial charge in [-0.1, -0.05) is 0 Å². The van der Waals surface area contributed by atoms with E-state index in [0.29, 0.717) is 0 Å². The third-order valence-corrected chi connectivity index (χ3v) is 5.17. The molecule has 2 aliphatic rings. The largest absolute Gasteiger partial charge is 0.315 e. The Hall–Kier alpha value is 0.120. The summed E-state index contributed by atoms with van der Waals surface area (Å²) in [5, 5.41) is 3.30. The number of hydrogen-bond acceptors (Lipinski definition) is 3. The smallest absolute Gasteiger partial charge is 0.280 e. The number of fused-ring (bicyclic) bond motifs is 2. The Morgan fingerprint density at radius 3 is 2.53 bits per heavy atom. The second-order valence-electron chi connectivity index (χ2n) is 4.99. The highest BCUT2D eigenvalue weighted by atomic mass is 35.5. The lowest BCUT2D eigenvalue weighted by atomic mass is 10.1. The maximum Gasteiger partial charge on any atom is 0.280 e. The zero-order chi connectivity index (χ0) is 11.8. The molecule has 0 spiro atoms. The van der Waals surface area contributed by atoms with E-state index in [-0.39, 0.29) is 30.5 Å². The maximum atomic E-state index is 12.2. The molecule has 0 saturated carbocycles. The van der Waals surface area contributed by atoms with Crippen LogP contribution >= 0.6 is 12.4 Å². The van der Waals surface area contributed by atoms with Crippen LogP contribution in [0.15, 0.2) is 0 Å². The van der Waals surface area contributed by atoms with E-state index in [0.717, 1.165) is 32.4 Å². The molecule has 2 bridgehead atoms. The molecule has 2 rings (SSSR count). The summed E-state index contributed by atoms with van der Waals surface area (Å²) in [6.45, 7) is 5.43. The van der Waals surface area contributed by atoms with Gasteiger partial charge in [0.1, 0.15) is 0 Å². The maximum absolute atomic E-state index is 12.2. The van der Waals surface area contributed by atoms with E-state index in [2.05, 4.69) is 10.0 Å². The van der Waals surface area contributed by atoms with Crippen molar-refractivity contribution in [3.63, 3.8) is 0 Å². The Morgan fingerprint density at radius 2 is 1.88 bits per heavy atom. The van der Waals surface area contributed by atoms with Gasteiger partial charge in [-0.15, -0.1) is 12.4 Å². The van der Waals surface area contributed by atoms with Crippen molar-refractivity contribution in [3.05, 3.63) is 0 Å². The summed E-state index contributed by atoms with van der Waals surface area (Å²) >= 11 is 0. The highest BCUT2D eigenvalue weighted by Crippen LogP contribution is 2.30. The van der Waals surface area contributed by atoms with Crippen LogP contribution in [0.2, 0.25) is 0 Å². The second-order valence-corrected chi connectivity index (χ2v) is 6.59. The van der Waals surface area contributed by atoms with E-state index >= 15 is 0 Å². The second kappa shape index (κ2) is 5.84. The van der Waals surface area contributed by atoms with Gasteiger partial charge >= 0.3 is 0 Å². The molecule has 2 N–H and O–H groups in total. The molecule has 2 atom stereocenters. The van der Waals surface area contributed by atoms with Crippen molar-refractivity contribution in [3.8, 4) is 0 Å². The van der Waals surface area contributed by atoms with Crippen molar-refractivity contribution < 1.29 is 8.42 Å². The van der Waals surface area contributed by atoms with Crippen molar-refractivity contribution in [2.45, 2.75) is 51.2 Å². The van der Waals surface area contributed by atoms with Gasteiger partial charge in [-0.05, 0) is 39.7 Å². The van der Waals surface area contributed by atoms with Crippen LogP contribution in [-0.2, 0) is 10.2 Å². The number of rotatable bonds is 3. The van der Waals surface area contributed by atoms with Gasteiger partial charge in [-0.2, -0.15) is 17.4 Å². The zero-order valence-electron chi connectivity index (χ0n) is 10.3. The number of halogens is 1. The summed E-state index contributed by atoms with van der Waals surface area (Å²) in [6, 6.07) is 0.292. The Balaban J connectivity index is 0.00000144. The fourth-order valence-electron chi connectivity index (χ4n) is 2.69. The first-order valence-electron chi connectivity index (χ1n) is 6.02. The van der Waals surface area contributed by atoms with E-state index in [1.165, 1.54) is 0 Å². The number of nitrogens with one attached hydrogen (secondary N) is 2. The number of hydrogen-bond donors (Lipinski definition) is 2. The van der Waals surface area contributed by atoms with Gasteiger partial charge in [-0.25, -0.2) is 0 Å². The standard InChI is InChI=1S/C10H21N3O2S.ClH/c1-8(2)12-16(14,15)13-9-3-4-10(13)7-11-6-5-9;/h8-12H,3-7H2,1-2H3;1H. The van der Waals surface area contributed by atoms with Crippen LogP contribution in [-0.4, -0.2) is 43.9 Å². The predicted octanol–water partition coefficient (Wildman–Crippen LogP) is 0.477. The quantitative estimate of drug-likeness (QED) is 0.792. The molecule has 17 heavy (non-hydrogen) atoms. The first-order valence-corrected chi connectivity index (χ1v) is 7.46. The molecule has 2 fully saturated rings. The van der Waals surface area contributed by atoms with Gasteiger partial charge in [0.05, 0.1) is 0 Å². The average Bonchev–Trinajstić information content (AvgIpc) is 2.37. The Bertz CT molecular complexity index is 333. The van der Waals surface area contributed by atoms with E-state index in [1.807, 2.05) is 13.8 Å². The molecule has 0 aliphatic carbocycles. The minimum Gasteiger partial charge on any atom is -0.315 e. The summed E-state index contributed by atoms with van der Waals surface area (Å²) in [4.78, 5) is 0. The van der Waals surface area contributed by atoms with E-state index < -0.39 is 10.2 Å². The summed E-state index contributed by atoms with van der Waals surface area (Å²) in [6.07, 6.45) is 2.91. The van der Waals surface area contributed by atoms with Crippen molar-refractivity contribution >= 4 is 22.6 Å². The Morgan fingerprint density at radius 1 is 1.24 bits per heavy atom. The molecular formula is C10H22ClN3O2S. The summed E-state index contributed by atoms with van der Waals surface area (Å²) in [5.74, 6) is 0. The molecule has 2 saturated heterocycles. The summed E-state index contributed by atoms with van der Waals surface area (Å²) in [5.41, 5.74) is 0. The summed E-state index contributed by atoms with van der Waals surface area (Å²) in [7, 11) is -3.30. The number of nitrogens with zero attached hydrogens (tertiary/aromatic N) is 1. The van der Waals surface area contributed by atoms with E-state index in [9.17, 15) is 8.42 Å². The van der Waals surface area contributed by atoms with Crippen molar-refractivity contribution in [2.75, 3.05) is 13.1 Å². The van der Waals surface area contributed by atoms with Gasteiger partial charge in [0.2, 0.25) is 0 Å². The first kappa shape index (κ1) is 15.2. The van der Waals surface area contributed by atoms with Gasteiger partial charge in [-0.3, -0.25) is 0 Å². The van der Waals surface area contributed by atoms with E-state index in [4.69, 9.17) is 0 Å². The minimum absolute atomic E-state index is 0. The van der Waals surface area contributed by atoms with Crippen LogP contribution in [0.5, 0.6) is 0 Å². The monoisotopic (exact) mass is 283 g/mol. The first-order chi connectivity index (χ1) is 7.50. The molecule has 102 valence electrons. The van der Waals surface area contributed by atoms with Crippen LogP contribution in [0, 0.1) is 0 Å². The molecule has 0 radical (unpaired) electrons. The van der Waals surface area contributed by atoms with Crippen LogP contribution < -0.4 is 10.0 Å².